The first-order valence-electron chi connectivity index (χ1n) is 6.54. The summed E-state index contributed by atoms with van der Waals surface area (Å²) in [6, 6.07) is 8.86. The second-order valence-electron chi connectivity index (χ2n) is 4.93. The summed E-state index contributed by atoms with van der Waals surface area (Å²) in [6.45, 7) is 3.84. The van der Waals surface area contributed by atoms with Crippen molar-refractivity contribution >= 4 is 11.9 Å². The Balaban J connectivity index is 2.17. The Labute approximate surface area is 121 Å². The Morgan fingerprint density at radius 3 is 2.43 bits per heavy atom. The van der Waals surface area contributed by atoms with E-state index in [-0.39, 0.29) is 11.7 Å². The molecule has 0 aliphatic rings. The number of benzene rings is 1. The van der Waals surface area contributed by atoms with E-state index < -0.39 is 17.9 Å². The summed E-state index contributed by atoms with van der Waals surface area (Å²) in [7, 11) is 0. The number of hydrogen-bond acceptors (Lipinski definition) is 4. The van der Waals surface area contributed by atoms with Crippen LogP contribution in [0.2, 0.25) is 0 Å². The molecule has 0 bridgehead atoms. The Morgan fingerprint density at radius 1 is 1.24 bits per heavy atom. The van der Waals surface area contributed by atoms with E-state index in [0.717, 1.165) is 0 Å². The molecule has 1 aromatic carbocycles. The molecule has 0 saturated heterocycles. The molecule has 0 fully saturated rings. The van der Waals surface area contributed by atoms with Gasteiger partial charge in [-0.25, -0.2) is 4.79 Å². The van der Waals surface area contributed by atoms with Gasteiger partial charge in [-0.1, -0.05) is 49.3 Å². The highest BCUT2D eigenvalue weighted by atomic mass is 16.5. The number of aliphatic carboxylic acids is 1. The van der Waals surface area contributed by atoms with Gasteiger partial charge in [0.25, 0.3) is 5.91 Å². The molecule has 0 radical (unpaired) electrons. The van der Waals surface area contributed by atoms with Crippen molar-refractivity contribution in [3.05, 3.63) is 53.4 Å². The zero-order valence-corrected chi connectivity index (χ0v) is 11.7. The molecule has 110 valence electrons. The zero-order chi connectivity index (χ0) is 15.4. The van der Waals surface area contributed by atoms with Crippen LogP contribution in [-0.4, -0.2) is 22.1 Å². The Morgan fingerprint density at radius 2 is 1.90 bits per heavy atom. The predicted octanol–water partition coefficient (Wildman–Crippen LogP) is 2.35. The number of carboxylic acid groups (broad SMARTS) is 1. The van der Waals surface area contributed by atoms with Crippen molar-refractivity contribution in [3.63, 3.8) is 0 Å². The molecule has 2 rings (SSSR count). The van der Waals surface area contributed by atoms with Gasteiger partial charge >= 0.3 is 5.97 Å². The molecule has 0 aliphatic carbocycles. The lowest BCUT2D eigenvalue weighted by molar-refractivity contribution is -0.139. The quantitative estimate of drug-likeness (QED) is 0.881. The number of carbonyl (C=O) groups excluding carboxylic acids is 1. The average molecular weight is 288 g/mol. The number of carboxylic acids is 1. The fraction of sp³-hybridized carbons (Fsp3) is 0.267. The lowest BCUT2D eigenvalue weighted by atomic mass is 10.1. The Kier molecular flexibility index (Phi) is 4.37. The van der Waals surface area contributed by atoms with E-state index in [2.05, 4.69) is 10.5 Å². The second kappa shape index (κ2) is 6.21. The summed E-state index contributed by atoms with van der Waals surface area (Å²) in [4.78, 5) is 23.4. The van der Waals surface area contributed by atoms with Gasteiger partial charge in [0.1, 0.15) is 0 Å². The standard InChI is InChI=1S/C15H16N2O4/c1-9(2)11-8-12(21-17-11)14(18)16-13(15(19)20)10-6-4-3-5-7-10/h3-9,13H,1-2H3,(H,16,18)(H,19,20)/t13-/m1/s1. The van der Waals surface area contributed by atoms with Crippen molar-refractivity contribution in [1.29, 1.82) is 0 Å². The smallest absolute Gasteiger partial charge is 0.330 e. The van der Waals surface area contributed by atoms with Crippen LogP contribution in [0.3, 0.4) is 0 Å². The fourth-order valence-corrected chi connectivity index (χ4v) is 1.80. The van der Waals surface area contributed by atoms with E-state index in [0.29, 0.717) is 11.3 Å². The van der Waals surface area contributed by atoms with Crippen LogP contribution in [-0.2, 0) is 4.79 Å². The first-order chi connectivity index (χ1) is 9.99. The van der Waals surface area contributed by atoms with Gasteiger partial charge in [0.15, 0.2) is 6.04 Å². The first kappa shape index (κ1) is 14.8. The van der Waals surface area contributed by atoms with Crippen molar-refractivity contribution < 1.29 is 19.2 Å². The van der Waals surface area contributed by atoms with E-state index >= 15 is 0 Å². The first-order valence-corrected chi connectivity index (χ1v) is 6.54. The third kappa shape index (κ3) is 3.47. The maximum absolute atomic E-state index is 12.1. The van der Waals surface area contributed by atoms with Crippen molar-refractivity contribution in [2.75, 3.05) is 0 Å². The molecule has 0 saturated carbocycles. The topological polar surface area (TPSA) is 92.4 Å². The lowest BCUT2D eigenvalue weighted by Gasteiger charge is -2.13. The van der Waals surface area contributed by atoms with Gasteiger partial charge in [-0.15, -0.1) is 0 Å². The molecule has 0 unspecified atom stereocenters. The molecule has 6 heteroatoms. The summed E-state index contributed by atoms with van der Waals surface area (Å²) in [5.74, 6) is -1.62. The van der Waals surface area contributed by atoms with Crippen LogP contribution in [0.1, 0.15) is 47.6 Å². The monoisotopic (exact) mass is 288 g/mol. The number of aromatic nitrogens is 1. The summed E-state index contributed by atoms with van der Waals surface area (Å²) < 4.78 is 4.95. The fourth-order valence-electron chi connectivity index (χ4n) is 1.80. The maximum atomic E-state index is 12.1. The molecule has 0 aliphatic heterocycles. The highest BCUT2D eigenvalue weighted by Crippen LogP contribution is 2.16. The van der Waals surface area contributed by atoms with Gasteiger partial charge in [0.2, 0.25) is 5.76 Å². The second-order valence-corrected chi connectivity index (χ2v) is 4.93. The molecule has 1 heterocycles. The maximum Gasteiger partial charge on any atom is 0.330 e. The van der Waals surface area contributed by atoms with E-state index in [4.69, 9.17) is 4.52 Å². The normalized spacial score (nSPS) is 12.1. The van der Waals surface area contributed by atoms with Crippen LogP contribution in [0, 0.1) is 0 Å². The van der Waals surface area contributed by atoms with Gasteiger partial charge in [-0.05, 0) is 11.5 Å². The van der Waals surface area contributed by atoms with Crippen LogP contribution < -0.4 is 5.32 Å². The Hall–Kier alpha value is -2.63. The van der Waals surface area contributed by atoms with Crippen molar-refractivity contribution in [3.8, 4) is 0 Å². The largest absolute Gasteiger partial charge is 0.479 e. The number of hydrogen-bond donors (Lipinski definition) is 2. The third-order valence-corrected chi connectivity index (χ3v) is 3.00. The predicted molar refractivity (Wildman–Crippen MR) is 74.9 cm³/mol. The van der Waals surface area contributed by atoms with Crippen molar-refractivity contribution in [2.45, 2.75) is 25.8 Å². The van der Waals surface area contributed by atoms with Crippen LogP contribution in [0.25, 0.3) is 0 Å². The van der Waals surface area contributed by atoms with E-state index in [1.807, 2.05) is 13.8 Å². The van der Waals surface area contributed by atoms with E-state index in [9.17, 15) is 14.7 Å². The molecular formula is C15H16N2O4. The highest BCUT2D eigenvalue weighted by Gasteiger charge is 2.24. The average Bonchev–Trinajstić information content (AvgIpc) is 2.95. The van der Waals surface area contributed by atoms with Gasteiger partial charge < -0.3 is 14.9 Å². The number of rotatable bonds is 5. The van der Waals surface area contributed by atoms with Gasteiger partial charge in [-0.3, -0.25) is 4.79 Å². The van der Waals surface area contributed by atoms with Crippen molar-refractivity contribution in [1.82, 2.24) is 10.5 Å². The number of amides is 1. The van der Waals surface area contributed by atoms with Crippen LogP contribution in [0.5, 0.6) is 0 Å². The summed E-state index contributed by atoms with van der Waals surface area (Å²) in [5.41, 5.74) is 1.13. The van der Waals surface area contributed by atoms with Crippen LogP contribution in [0.15, 0.2) is 40.9 Å². The Bertz CT molecular complexity index is 634. The molecule has 2 aromatic rings. The highest BCUT2D eigenvalue weighted by molar-refractivity contribution is 5.94. The minimum absolute atomic E-state index is 0.000816. The zero-order valence-electron chi connectivity index (χ0n) is 11.7. The van der Waals surface area contributed by atoms with Gasteiger partial charge in [0, 0.05) is 6.07 Å². The number of carbonyl (C=O) groups is 2. The summed E-state index contributed by atoms with van der Waals surface area (Å²) in [5, 5.41) is 15.5. The SMILES string of the molecule is CC(C)c1cc(C(=O)N[C@@H](C(=O)O)c2ccccc2)on1. The number of nitrogens with one attached hydrogen (secondary N) is 1. The van der Waals surface area contributed by atoms with Gasteiger partial charge in [0.05, 0.1) is 5.69 Å². The molecule has 6 nitrogen and oxygen atoms in total. The van der Waals surface area contributed by atoms with Crippen molar-refractivity contribution in [2.24, 2.45) is 0 Å². The van der Waals surface area contributed by atoms with E-state index in [1.165, 1.54) is 6.07 Å². The van der Waals surface area contributed by atoms with Crippen LogP contribution >= 0.6 is 0 Å². The molecule has 21 heavy (non-hydrogen) atoms. The minimum Gasteiger partial charge on any atom is -0.479 e. The minimum atomic E-state index is -1.14. The summed E-state index contributed by atoms with van der Waals surface area (Å²) >= 11 is 0. The molecule has 1 atom stereocenters. The molecule has 1 amide bonds. The summed E-state index contributed by atoms with van der Waals surface area (Å²) in [6.07, 6.45) is 0. The lowest BCUT2D eigenvalue weighted by Crippen LogP contribution is -2.33. The molecular weight excluding hydrogens is 272 g/mol. The molecule has 2 N–H and O–H groups in total. The van der Waals surface area contributed by atoms with Crippen LogP contribution in [0.4, 0.5) is 0 Å². The molecule has 1 aromatic heterocycles. The van der Waals surface area contributed by atoms with Gasteiger partial charge in [-0.2, -0.15) is 0 Å². The third-order valence-electron chi connectivity index (χ3n) is 3.00. The van der Waals surface area contributed by atoms with E-state index in [1.54, 1.807) is 30.3 Å². The number of nitrogens with zero attached hydrogens (tertiary/aromatic N) is 1. The molecule has 0 spiro atoms.